The summed E-state index contributed by atoms with van der Waals surface area (Å²) in [6.07, 6.45) is 2.65. The Labute approximate surface area is 221 Å². The zero-order valence-corrected chi connectivity index (χ0v) is 22.4. The van der Waals surface area contributed by atoms with Crippen LogP contribution in [0.3, 0.4) is 0 Å². The lowest BCUT2D eigenvalue weighted by Gasteiger charge is -2.33. The highest BCUT2D eigenvalue weighted by atomic mass is 16.3. The Balaban J connectivity index is 1.19. The van der Waals surface area contributed by atoms with Crippen molar-refractivity contribution in [1.29, 1.82) is 0 Å². The van der Waals surface area contributed by atoms with Crippen LogP contribution in [0.4, 0.5) is 0 Å². The van der Waals surface area contributed by atoms with Crippen molar-refractivity contribution in [3.05, 3.63) is 101 Å². The summed E-state index contributed by atoms with van der Waals surface area (Å²) in [5.74, 6) is 0. The van der Waals surface area contributed by atoms with E-state index in [0.717, 1.165) is 44.6 Å². The summed E-state index contributed by atoms with van der Waals surface area (Å²) >= 11 is 0. The Morgan fingerprint density at radius 3 is 2.51 bits per heavy atom. The molecule has 1 fully saturated rings. The third-order valence-corrected chi connectivity index (χ3v) is 7.63. The van der Waals surface area contributed by atoms with E-state index in [1.807, 2.05) is 6.07 Å². The first kappa shape index (κ1) is 25.7. The van der Waals surface area contributed by atoms with Crippen molar-refractivity contribution in [2.45, 2.75) is 70.8 Å². The van der Waals surface area contributed by atoms with Crippen LogP contribution < -0.4 is 5.32 Å². The molecular formula is C32H40N4O. The van der Waals surface area contributed by atoms with Gasteiger partial charge in [-0.15, -0.1) is 0 Å². The Hall–Kier alpha value is -2.99. The van der Waals surface area contributed by atoms with Gasteiger partial charge in [0, 0.05) is 24.7 Å². The molecule has 3 aromatic carbocycles. The molecule has 1 saturated heterocycles. The highest BCUT2D eigenvalue weighted by Crippen LogP contribution is 2.24. The first-order valence-corrected chi connectivity index (χ1v) is 13.6. The largest absolute Gasteiger partial charge is 0.390 e. The standard InChI is InChI=1S/C32H40N4O/c1-24-18-29(36(34-24)22-25-10-5-4-6-11-25)23-35-17-9-14-30(35)31(37)21-33-32(2,3)20-26-15-16-27-12-7-8-13-28(27)19-26/h4-8,10-13,15-16,18-19,30-31,33,37H,9,14,17,20-23H2,1-3H3/t30-,31-/m1/s1. The van der Waals surface area contributed by atoms with Gasteiger partial charge in [-0.2, -0.15) is 5.10 Å². The molecular weight excluding hydrogens is 456 g/mol. The highest BCUT2D eigenvalue weighted by Gasteiger charge is 2.32. The molecule has 0 spiro atoms. The second kappa shape index (κ2) is 11.2. The van der Waals surface area contributed by atoms with Crippen molar-refractivity contribution in [1.82, 2.24) is 20.0 Å². The minimum absolute atomic E-state index is 0.113. The van der Waals surface area contributed by atoms with E-state index >= 15 is 0 Å². The SMILES string of the molecule is Cc1cc(CN2CCC[C@@H]2[C@H](O)CNC(C)(C)Cc2ccc3ccccc3c2)n(Cc2ccccc2)n1. The number of likely N-dealkylation sites (tertiary alicyclic amines) is 1. The molecule has 5 nitrogen and oxygen atoms in total. The number of hydrogen-bond donors (Lipinski definition) is 2. The number of benzene rings is 3. The van der Waals surface area contributed by atoms with E-state index in [-0.39, 0.29) is 11.6 Å². The maximum absolute atomic E-state index is 11.3. The first-order chi connectivity index (χ1) is 17.9. The fourth-order valence-electron chi connectivity index (χ4n) is 5.75. The molecule has 37 heavy (non-hydrogen) atoms. The number of aryl methyl sites for hydroxylation is 1. The van der Waals surface area contributed by atoms with E-state index < -0.39 is 6.10 Å². The van der Waals surface area contributed by atoms with Gasteiger partial charge < -0.3 is 10.4 Å². The molecule has 1 aliphatic heterocycles. The van der Waals surface area contributed by atoms with E-state index in [1.54, 1.807) is 0 Å². The maximum Gasteiger partial charge on any atom is 0.0819 e. The van der Waals surface area contributed by atoms with Gasteiger partial charge in [-0.3, -0.25) is 9.58 Å². The quantitative estimate of drug-likeness (QED) is 0.312. The Morgan fingerprint density at radius 1 is 0.946 bits per heavy atom. The summed E-state index contributed by atoms with van der Waals surface area (Å²) in [5, 5.41) is 22.2. The number of rotatable bonds is 10. The van der Waals surface area contributed by atoms with E-state index in [9.17, 15) is 5.11 Å². The lowest BCUT2D eigenvalue weighted by atomic mass is 9.93. The Bertz CT molecular complexity index is 1310. The molecule has 2 atom stereocenters. The number of aliphatic hydroxyl groups excluding tert-OH is 1. The zero-order valence-electron chi connectivity index (χ0n) is 22.4. The van der Waals surface area contributed by atoms with Crippen LogP contribution >= 0.6 is 0 Å². The zero-order chi connectivity index (χ0) is 25.8. The van der Waals surface area contributed by atoms with Crippen molar-refractivity contribution in [3.8, 4) is 0 Å². The predicted octanol–water partition coefficient (Wildman–Crippen LogP) is 5.33. The van der Waals surface area contributed by atoms with Gasteiger partial charge in [-0.25, -0.2) is 0 Å². The normalized spacial score (nSPS) is 17.5. The molecule has 4 aromatic rings. The number of nitrogens with one attached hydrogen (secondary N) is 1. The molecule has 0 bridgehead atoms. The third-order valence-electron chi connectivity index (χ3n) is 7.63. The highest BCUT2D eigenvalue weighted by molar-refractivity contribution is 5.83. The van der Waals surface area contributed by atoms with Gasteiger partial charge in [-0.05, 0) is 74.5 Å². The fraction of sp³-hybridized carbons (Fsp3) is 0.406. The molecule has 0 saturated carbocycles. The van der Waals surface area contributed by atoms with Crippen LogP contribution in [0.15, 0.2) is 78.9 Å². The van der Waals surface area contributed by atoms with Gasteiger partial charge in [0.25, 0.3) is 0 Å². The Kier molecular flexibility index (Phi) is 7.75. The molecule has 0 aliphatic carbocycles. The molecule has 1 aromatic heterocycles. The number of aliphatic hydroxyl groups is 1. The second-order valence-electron chi connectivity index (χ2n) is 11.3. The predicted molar refractivity (Wildman–Crippen MR) is 152 cm³/mol. The monoisotopic (exact) mass is 496 g/mol. The van der Waals surface area contributed by atoms with E-state index in [4.69, 9.17) is 5.10 Å². The van der Waals surface area contributed by atoms with Crippen LogP contribution in [0.2, 0.25) is 0 Å². The van der Waals surface area contributed by atoms with Crippen LogP contribution in [0, 0.1) is 6.92 Å². The fourth-order valence-corrected chi connectivity index (χ4v) is 5.75. The molecule has 0 radical (unpaired) electrons. The van der Waals surface area contributed by atoms with Gasteiger partial charge in [0.05, 0.1) is 24.0 Å². The summed E-state index contributed by atoms with van der Waals surface area (Å²) in [4.78, 5) is 2.45. The van der Waals surface area contributed by atoms with Crippen LogP contribution in [-0.2, 0) is 19.5 Å². The summed E-state index contributed by atoms with van der Waals surface area (Å²) in [6.45, 7) is 9.70. The lowest BCUT2D eigenvalue weighted by molar-refractivity contribution is 0.0621. The molecule has 1 aliphatic rings. The molecule has 5 rings (SSSR count). The molecule has 5 heteroatoms. The third kappa shape index (κ3) is 6.48. The number of β-amino-alcohol motifs (C(OH)–C–C–N with tert-alkyl or cyclic N) is 1. The molecule has 2 heterocycles. The van der Waals surface area contributed by atoms with Crippen LogP contribution in [0.1, 0.15) is 49.2 Å². The lowest BCUT2D eigenvalue weighted by Crippen LogP contribution is -2.50. The van der Waals surface area contributed by atoms with Gasteiger partial charge in [0.1, 0.15) is 0 Å². The Morgan fingerprint density at radius 2 is 1.70 bits per heavy atom. The number of aromatic nitrogens is 2. The molecule has 0 unspecified atom stereocenters. The van der Waals surface area contributed by atoms with Crippen molar-refractivity contribution in [2.24, 2.45) is 0 Å². The molecule has 0 amide bonds. The van der Waals surface area contributed by atoms with Crippen LogP contribution in [0.5, 0.6) is 0 Å². The van der Waals surface area contributed by atoms with Gasteiger partial charge in [-0.1, -0.05) is 72.8 Å². The van der Waals surface area contributed by atoms with Crippen LogP contribution in [0.25, 0.3) is 10.8 Å². The maximum atomic E-state index is 11.3. The molecule has 2 N–H and O–H groups in total. The van der Waals surface area contributed by atoms with Crippen LogP contribution in [-0.4, -0.2) is 50.6 Å². The van der Waals surface area contributed by atoms with Crippen molar-refractivity contribution in [3.63, 3.8) is 0 Å². The first-order valence-electron chi connectivity index (χ1n) is 13.6. The summed E-state index contributed by atoms with van der Waals surface area (Å²) in [6, 6.07) is 28.1. The number of nitrogens with zero attached hydrogens (tertiary/aromatic N) is 3. The van der Waals surface area contributed by atoms with E-state index in [2.05, 4.69) is 108 Å². The van der Waals surface area contributed by atoms with E-state index in [1.165, 1.54) is 27.6 Å². The second-order valence-corrected chi connectivity index (χ2v) is 11.3. The number of hydrogen-bond acceptors (Lipinski definition) is 4. The summed E-state index contributed by atoms with van der Waals surface area (Å²) in [7, 11) is 0. The van der Waals surface area contributed by atoms with Crippen molar-refractivity contribution < 1.29 is 5.11 Å². The van der Waals surface area contributed by atoms with Crippen molar-refractivity contribution in [2.75, 3.05) is 13.1 Å². The molecule has 194 valence electrons. The summed E-state index contributed by atoms with van der Waals surface area (Å²) < 4.78 is 2.12. The van der Waals surface area contributed by atoms with Gasteiger partial charge in [0.15, 0.2) is 0 Å². The topological polar surface area (TPSA) is 53.3 Å². The minimum Gasteiger partial charge on any atom is -0.390 e. The average Bonchev–Trinajstić information content (AvgIpc) is 3.49. The minimum atomic E-state index is -0.412. The van der Waals surface area contributed by atoms with E-state index in [0.29, 0.717) is 6.54 Å². The van der Waals surface area contributed by atoms with Gasteiger partial charge >= 0.3 is 0 Å². The smallest absolute Gasteiger partial charge is 0.0819 e. The number of fused-ring (bicyclic) bond motifs is 1. The van der Waals surface area contributed by atoms with Gasteiger partial charge in [0.2, 0.25) is 0 Å². The average molecular weight is 497 g/mol. The van der Waals surface area contributed by atoms with Crippen molar-refractivity contribution >= 4 is 10.8 Å². The summed E-state index contributed by atoms with van der Waals surface area (Å²) in [5.41, 5.74) is 4.71.